The molecule has 284 valence electrons. The maximum Gasteiger partial charge on any atom is 0.193 e. The second-order valence-electron chi connectivity index (χ2n) is 16.8. The number of aryl methyl sites for hydroxylation is 4. The lowest BCUT2D eigenvalue weighted by atomic mass is 9.91. The van der Waals surface area contributed by atoms with Gasteiger partial charge in [-0.15, -0.1) is 0 Å². The average molecular weight is 703 g/mol. The van der Waals surface area contributed by atoms with E-state index >= 15 is 0 Å². The highest BCUT2D eigenvalue weighted by Gasteiger charge is 2.17. The van der Waals surface area contributed by atoms with Crippen molar-refractivity contribution in [3.63, 3.8) is 0 Å². The molecule has 0 aliphatic carbocycles. The summed E-state index contributed by atoms with van der Waals surface area (Å²) < 4.78 is 0. The average Bonchev–Trinajstić information content (AvgIpc) is 2.98. The molecule has 0 atom stereocenters. The summed E-state index contributed by atoms with van der Waals surface area (Å²) in [6.45, 7) is 25.4. The van der Waals surface area contributed by atoms with Crippen LogP contribution in [0.4, 0.5) is 0 Å². The van der Waals surface area contributed by atoms with Gasteiger partial charge in [-0.25, -0.2) is 39.1 Å². The van der Waals surface area contributed by atoms with E-state index in [9.17, 15) is 4.79 Å². The van der Waals surface area contributed by atoms with Crippen LogP contribution in [0.25, 0.3) is 0 Å². The molecule has 2 rings (SSSR count). The van der Waals surface area contributed by atoms with E-state index in [0.29, 0.717) is 37.6 Å². The molecule has 2 aromatic carbocycles. The Morgan fingerprint density at radius 3 is 0.940 bits per heavy atom. The standard InChI is InChI=1S/C41H66O9/c1-38(2,3)47-43-25-13-17-31-21-23-35(29-33(31)19-15-27-45-49-40(7,8)9)37(42)36-24-22-32(18-14-26-44-48-39(4,5)6)34(30-36)20-16-28-46-50-41(10,11)12/h21-24,29-30H,13-20,25-28H2,1-12H3. The second-order valence-corrected chi connectivity index (χ2v) is 16.8. The van der Waals surface area contributed by atoms with Gasteiger partial charge in [-0.05, 0) is 169 Å². The van der Waals surface area contributed by atoms with Gasteiger partial charge < -0.3 is 0 Å². The number of ketones is 1. The SMILES string of the molecule is CC(C)(C)OOCCCc1ccc(C(=O)c2ccc(CCCOOC(C)(C)C)c(CCCOOC(C)(C)C)c2)cc1CCCOOC(C)(C)C. The monoisotopic (exact) mass is 702 g/mol. The number of hydrogen-bond acceptors (Lipinski definition) is 9. The van der Waals surface area contributed by atoms with Crippen molar-refractivity contribution in [1.82, 2.24) is 0 Å². The highest BCUT2D eigenvalue weighted by Crippen LogP contribution is 2.23. The van der Waals surface area contributed by atoms with Crippen LogP contribution < -0.4 is 0 Å². The minimum atomic E-state index is -0.372. The topological polar surface area (TPSA) is 90.9 Å². The summed E-state index contributed by atoms with van der Waals surface area (Å²) in [5.74, 6) is -0.00551. The summed E-state index contributed by atoms with van der Waals surface area (Å²) in [5.41, 5.74) is 4.48. The molecule has 0 aliphatic rings. The number of benzene rings is 2. The first-order valence-electron chi connectivity index (χ1n) is 18.2. The van der Waals surface area contributed by atoms with Crippen LogP contribution in [0, 0.1) is 0 Å². The van der Waals surface area contributed by atoms with Crippen LogP contribution in [0.3, 0.4) is 0 Å². The normalized spacial score (nSPS) is 12.9. The Hall–Kier alpha value is -2.21. The molecule has 0 bridgehead atoms. The van der Waals surface area contributed by atoms with Crippen LogP contribution in [0.2, 0.25) is 0 Å². The van der Waals surface area contributed by atoms with E-state index in [0.717, 1.165) is 62.5 Å². The quantitative estimate of drug-likeness (QED) is 0.0515. The van der Waals surface area contributed by atoms with Gasteiger partial charge in [0.15, 0.2) is 5.78 Å². The van der Waals surface area contributed by atoms with Gasteiger partial charge in [0.1, 0.15) is 0 Å². The summed E-state index contributed by atoms with van der Waals surface area (Å²) in [6, 6.07) is 12.1. The number of carbonyl (C=O) groups excluding carboxylic acids is 1. The van der Waals surface area contributed by atoms with Crippen molar-refractivity contribution in [2.45, 2.75) is 157 Å². The Labute approximate surface area is 302 Å². The molecule has 0 N–H and O–H groups in total. The third-order valence-electron chi connectivity index (χ3n) is 6.87. The van der Waals surface area contributed by atoms with Crippen LogP contribution in [0.15, 0.2) is 36.4 Å². The number of rotatable bonds is 22. The van der Waals surface area contributed by atoms with Crippen molar-refractivity contribution in [2.24, 2.45) is 0 Å². The predicted octanol–water partition coefficient (Wildman–Crippen LogP) is 9.63. The summed E-state index contributed by atoms with van der Waals surface area (Å²) in [5, 5.41) is 0. The van der Waals surface area contributed by atoms with E-state index < -0.39 is 0 Å². The van der Waals surface area contributed by atoms with Crippen molar-refractivity contribution < 1.29 is 43.9 Å². The lowest BCUT2D eigenvalue weighted by Crippen LogP contribution is -2.20. The predicted molar refractivity (Wildman–Crippen MR) is 197 cm³/mol. The fourth-order valence-corrected chi connectivity index (χ4v) is 4.81. The van der Waals surface area contributed by atoms with Crippen LogP contribution in [-0.4, -0.2) is 54.6 Å². The Kier molecular flexibility index (Phi) is 18.2. The van der Waals surface area contributed by atoms with Crippen LogP contribution in [0.5, 0.6) is 0 Å². The Bertz CT molecular complexity index is 1180. The van der Waals surface area contributed by atoms with Crippen LogP contribution in [0.1, 0.15) is 147 Å². The van der Waals surface area contributed by atoms with E-state index in [4.69, 9.17) is 39.1 Å². The van der Waals surface area contributed by atoms with E-state index in [-0.39, 0.29) is 28.2 Å². The molecule has 9 nitrogen and oxygen atoms in total. The summed E-state index contributed by atoms with van der Waals surface area (Å²) in [6.07, 6.45) is 6.23. The largest absolute Gasteiger partial charge is 0.289 e. The molecular formula is C41H66O9. The molecule has 9 heteroatoms. The zero-order valence-corrected chi connectivity index (χ0v) is 33.1. The van der Waals surface area contributed by atoms with Gasteiger partial charge in [-0.1, -0.05) is 24.3 Å². The first-order valence-corrected chi connectivity index (χ1v) is 18.2. The molecule has 0 fully saturated rings. The van der Waals surface area contributed by atoms with Gasteiger partial charge in [-0.2, -0.15) is 0 Å². The zero-order chi connectivity index (χ0) is 37.4. The highest BCUT2D eigenvalue weighted by molar-refractivity contribution is 6.09. The maximum atomic E-state index is 14.0. The van der Waals surface area contributed by atoms with E-state index in [1.807, 2.05) is 107 Å². The fraction of sp³-hybridized carbons (Fsp3) is 0.683. The molecule has 0 spiro atoms. The third-order valence-corrected chi connectivity index (χ3v) is 6.87. The van der Waals surface area contributed by atoms with E-state index in [2.05, 4.69) is 12.1 Å². The molecule has 0 saturated heterocycles. The first-order chi connectivity index (χ1) is 23.2. The van der Waals surface area contributed by atoms with Gasteiger partial charge in [-0.3, -0.25) is 4.79 Å². The maximum absolute atomic E-state index is 14.0. The van der Waals surface area contributed by atoms with Crippen molar-refractivity contribution in [2.75, 3.05) is 26.4 Å². The molecule has 0 amide bonds. The van der Waals surface area contributed by atoms with Gasteiger partial charge in [0, 0.05) is 11.1 Å². The lowest BCUT2D eigenvalue weighted by Gasteiger charge is -2.18. The third kappa shape index (κ3) is 20.0. The Morgan fingerprint density at radius 2 is 0.680 bits per heavy atom. The van der Waals surface area contributed by atoms with Crippen LogP contribution >= 0.6 is 0 Å². The minimum absolute atomic E-state index is 0.00551. The van der Waals surface area contributed by atoms with Crippen molar-refractivity contribution >= 4 is 5.78 Å². The summed E-state index contributed by atoms with van der Waals surface area (Å²) in [7, 11) is 0. The molecule has 0 aliphatic heterocycles. The summed E-state index contributed by atoms with van der Waals surface area (Å²) >= 11 is 0. The van der Waals surface area contributed by atoms with Crippen LogP contribution in [-0.2, 0) is 64.8 Å². The van der Waals surface area contributed by atoms with Gasteiger partial charge in [0.05, 0.1) is 48.8 Å². The van der Waals surface area contributed by atoms with Gasteiger partial charge in [0.2, 0.25) is 0 Å². The van der Waals surface area contributed by atoms with Crippen molar-refractivity contribution in [3.8, 4) is 0 Å². The smallest absolute Gasteiger partial charge is 0.193 e. The van der Waals surface area contributed by atoms with Gasteiger partial charge in [0.25, 0.3) is 0 Å². The number of carbonyl (C=O) groups is 1. The minimum Gasteiger partial charge on any atom is -0.289 e. The van der Waals surface area contributed by atoms with Crippen molar-refractivity contribution in [1.29, 1.82) is 0 Å². The first kappa shape index (κ1) is 44.0. The molecule has 2 aromatic rings. The number of hydrogen-bond donors (Lipinski definition) is 0. The molecule has 0 saturated carbocycles. The molecular weight excluding hydrogens is 636 g/mol. The van der Waals surface area contributed by atoms with E-state index in [1.165, 1.54) is 11.1 Å². The Morgan fingerprint density at radius 1 is 0.420 bits per heavy atom. The van der Waals surface area contributed by atoms with E-state index in [1.54, 1.807) is 0 Å². The van der Waals surface area contributed by atoms with Gasteiger partial charge >= 0.3 is 0 Å². The summed E-state index contributed by atoms with van der Waals surface area (Å²) in [4.78, 5) is 57.5. The molecule has 0 heterocycles. The fourth-order valence-electron chi connectivity index (χ4n) is 4.81. The lowest BCUT2D eigenvalue weighted by molar-refractivity contribution is -0.348. The highest BCUT2D eigenvalue weighted by atomic mass is 17.2. The second kappa shape index (κ2) is 20.7. The Balaban J connectivity index is 2.22. The molecule has 0 aromatic heterocycles. The zero-order valence-electron chi connectivity index (χ0n) is 33.1. The van der Waals surface area contributed by atoms with Crippen molar-refractivity contribution in [3.05, 3.63) is 69.8 Å². The molecule has 50 heavy (non-hydrogen) atoms. The molecule has 0 radical (unpaired) electrons. The molecule has 0 unspecified atom stereocenters.